The minimum Gasteiger partial charge on any atom is -0.497 e. The van der Waals surface area contributed by atoms with E-state index in [1.807, 2.05) is 42.5 Å². The number of hydrogen-bond donors (Lipinski definition) is 0. The van der Waals surface area contributed by atoms with Gasteiger partial charge in [-0.05, 0) is 69.4 Å². The number of halogens is 1. The lowest BCUT2D eigenvalue weighted by molar-refractivity contribution is 0.415. The van der Waals surface area contributed by atoms with Crippen molar-refractivity contribution in [2.75, 3.05) is 7.11 Å². The van der Waals surface area contributed by atoms with Gasteiger partial charge in [-0.3, -0.25) is 0 Å². The molecule has 0 saturated carbocycles. The lowest BCUT2D eigenvalue weighted by atomic mass is 9.91. The van der Waals surface area contributed by atoms with Crippen molar-refractivity contribution in [1.82, 2.24) is 0 Å². The van der Waals surface area contributed by atoms with Crippen LogP contribution in [0.4, 0.5) is 0 Å². The Morgan fingerprint density at radius 1 is 0.800 bits per heavy atom. The fraction of sp³-hybridized carbons (Fsp3) is 0.0435. The second kappa shape index (κ2) is 6.62. The predicted molar refractivity (Wildman–Crippen MR) is 105 cm³/mol. The molecule has 4 aromatic carbocycles. The first-order valence-electron chi connectivity index (χ1n) is 8.10. The predicted octanol–water partition coefficient (Wildman–Crippen LogP) is 6.64. The van der Waals surface area contributed by atoms with Crippen LogP contribution in [-0.2, 0) is 0 Å². The summed E-state index contributed by atoms with van der Waals surface area (Å²) in [6.45, 7) is 0. The molecule has 121 valence electrons. The summed E-state index contributed by atoms with van der Waals surface area (Å²) >= 11 is 6.06. The Hall–Kier alpha value is -2.77. The Balaban J connectivity index is 1.96. The SMILES string of the molecule is COc1ccc(-c2[c]c3ccccc3cc2-c2ccc(Cl)cc2)cc1. The highest BCUT2D eigenvalue weighted by molar-refractivity contribution is 6.30. The van der Waals surface area contributed by atoms with Gasteiger partial charge in [0.15, 0.2) is 0 Å². The van der Waals surface area contributed by atoms with E-state index in [1.54, 1.807) is 7.11 Å². The van der Waals surface area contributed by atoms with Crippen molar-refractivity contribution in [3.05, 3.63) is 90.0 Å². The highest BCUT2D eigenvalue weighted by atomic mass is 35.5. The van der Waals surface area contributed by atoms with Gasteiger partial charge in [0.2, 0.25) is 0 Å². The first-order chi connectivity index (χ1) is 12.2. The summed E-state index contributed by atoms with van der Waals surface area (Å²) in [5, 5.41) is 3.01. The molecule has 0 aliphatic heterocycles. The molecule has 0 amide bonds. The van der Waals surface area contributed by atoms with Crippen molar-refractivity contribution in [2.24, 2.45) is 0 Å². The lowest BCUT2D eigenvalue weighted by Crippen LogP contribution is -1.88. The maximum absolute atomic E-state index is 6.06. The minimum atomic E-state index is 0.736. The van der Waals surface area contributed by atoms with Crippen molar-refractivity contribution in [3.8, 4) is 28.0 Å². The van der Waals surface area contributed by atoms with E-state index in [2.05, 4.69) is 42.5 Å². The largest absolute Gasteiger partial charge is 0.497 e. The van der Waals surface area contributed by atoms with Crippen LogP contribution in [0.15, 0.2) is 78.9 Å². The average molecular weight is 344 g/mol. The van der Waals surface area contributed by atoms with Crippen LogP contribution in [-0.4, -0.2) is 7.11 Å². The Morgan fingerprint density at radius 2 is 1.48 bits per heavy atom. The molecule has 0 aromatic heterocycles. The van der Waals surface area contributed by atoms with E-state index < -0.39 is 0 Å². The first kappa shape index (κ1) is 15.7. The molecular formula is C23H16ClO. The van der Waals surface area contributed by atoms with Gasteiger partial charge in [-0.2, -0.15) is 0 Å². The van der Waals surface area contributed by atoms with Crippen molar-refractivity contribution < 1.29 is 4.74 Å². The molecule has 0 saturated heterocycles. The monoisotopic (exact) mass is 343 g/mol. The van der Waals surface area contributed by atoms with Gasteiger partial charge in [0.05, 0.1) is 7.11 Å². The van der Waals surface area contributed by atoms with Gasteiger partial charge in [-0.1, -0.05) is 60.1 Å². The zero-order valence-corrected chi connectivity index (χ0v) is 14.5. The van der Waals surface area contributed by atoms with Crippen molar-refractivity contribution in [3.63, 3.8) is 0 Å². The van der Waals surface area contributed by atoms with Crippen molar-refractivity contribution in [1.29, 1.82) is 0 Å². The number of benzene rings is 4. The van der Waals surface area contributed by atoms with Crippen LogP contribution in [0, 0.1) is 6.07 Å². The number of hydrogen-bond acceptors (Lipinski definition) is 1. The quantitative estimate of drug-likeness (QED) is 0.405. The maximum Gasteiger partial charge on any atom is 0.118 e. The van der Waals surface area contributed by atoms with Crippen LogP contribution >= 0.6 is 11.6 Å². The third kappa shape index (κ3) is 3.11. The normalized spacial score (nSPS) is 10.8. The van der Waals surface area contributed by atoms with Crippen molar-refractivity contribution >= 4 is 22.4 Å². The molecule has 0 atom stereocenters. The van der Waals surface area contributed by atoms with Crippen LogP contribution in [0.2, 0.25) is 5.02 Å². The summed E-state index contributed by atoms with van der Waals surface area (Å²) in [6, 6.07) is 30.1. The van der Waals surface area contributed by atoms with Gasteiger partial charge in [-0.15, -0.1) is 0 Å². The topological polar surface area (TPSA) is 9.23 Å². The van der Waals surface area contributed by atoms with Crippen molar-refractivity contribution in [2.45, 2.75) is 0 Å². The molecule has 25 heavy (non-hydrogen) atoms. The van der Waals surface area contributed by atoms with E-state index >= 15 is 0 Å². The standard InChI is InChI=1S/C23H16ClO/c1-25-21-12-8-17(9-13-21)23-15-19-5-3-2-4-18(19)14-22(23)16-6-10-20(24)11-7-16/h2-14H,1H3. The van der Waals surface area contributed by atoms with Crippen LogP contribution in [0.1, 0.15) is 0 Å². The van der Waals surface area contributed by atoms with Crippen LogP contribution in [0.5, 0.6) is 5.75 Å². The number of rotatable bonds is 3. The molecule has 4 rings (SSSR count). The first-order valence-corrected chi connectivity index (χ1v) is 8.48. The van der Waals surface area contributed by atoms with Gasteiger partial charge in [0, 0.05) is 5.02 Å². The summed E-state index contributed by atoms with van der Waals surface area (Å²) in [7, 11) is 1.68. The fourth-order valence-electron chi connectivity index (χ4n) is 3.01. The molecule has 1 radical (unpaired) electrons. The van der Waals surface area contributed by atoms with E-state index in [0.29, 0.717) is 0 Å². The minimum absolute atomic E-state index is 0.736. The Kier molecular flexibility index (Phi) is 4.17. The highest BCUT2D eigenvalue weighted by Gasteiger charge is 2.10. The van der Waals surface area contributed by atoms with Gasteiger partial charge in [0.25, 0.3) is 0 Å². The third-order valence-corrected chi connectivity index (χ3v) is 4.58. The summed E-state index contributed by atoms with van der Waals surface area (Å²) in [5.74, 6) is 0.845. The van der Waals surface area contributed by atoms with E-state index in [-0.39, 0.29) is 0 Å². The van der Waals surface area contributed by atoms with Gasteiger partial charge in [-0.25, -0.2) is 0 Å². The summed E-state index contributed by atoms with van der Waals surface area (Å²) in [5.41, 5.74) is 4.44. The Bertz CT molecular complexity index is 1020. The van der Waals surface area contributed by atoms with Gasteiger partial charge < -0.3 is 4.74 Å². The molecule has 0 spiro atoms. The molecule has 2 heteroatoms. The van der Waals surface area contributed by atoms with E-state index in [9.17, 15) is 0 Å². The second-order valence-electron chi connectivity index (χ2n) is 5.88. The Morgan fingerprint density at radius 3 is 2.20 bits per heavy atom. The van der Waals surface area contributed by atoms with Crippen LogP contribution in [0.3, 0.4) is 0 Å². The average Bonchev–Trinajstić information content (AvgIpc) is 2.68. The summed E-state index contributed by atoms with van der Waals surface area (Å²) in [4.78, 5) is 0. The van der Waals surface area contributed by atoms with Gasteiger partial charge in [0.1, 0.15) is 5.75 Å². The summed E-state index contributed by atoms with van der Waals surface area (Å²) < 4.78 is 5.28. The molecule has 1 nitrogen and oxygen atoms in total. The number of methoxy groups -OCH3 is 1. The molecule has 0 aliphatic carbocycles. The smallest absolute Gasteiger partial charge is 0.118 e. The molecule has 0 unspecified atom stereocenters. The molecule has 0 bridgehead atoms. The molecule has 4 aromatic rings. The second-order valence-corrected chi connectivity index (χ2v) is 6.32. The zero-order valence-electron chi connectivity index (χ0n) is 13.8. The number of ether oxygens (including phenoxy) is 1. The lowest BCUT2D eigenvalue weighted by Gasteiger charge is -2.13. The fourth-order valence-corrected chi connectivity index (χ4v) is 3.13. The van der Waals surface area contributed by atoms with Crippen LogP contribution in [0.25, 0.3) is 33.0 Å². The maximum atomic E-state index is 6.06. The Labute approximate surface area is 152 Å². The highest BCUT2D eigenvalue weighted by Crippen LogP contribution is 2.36. The molecule has 0 heterocycles. The van der Waals surface area contributed by atoms with E-state index in [0.717, 1.165) is 38.4 Å². The molecule has 0 fully saturated rings. The molecule has 0 aliphatic rings. The van der Waals surface area contributed by atoms with Gasteiger partial charge >= 0.3 is 0 Å². The zero-order chi connectivity index (χ0) is 17.2. The third-order valence-electron chi connectivity index (χ3n) is 4.32. The molecular weight excluding hydrogens is 328 g/mol. The summed E-state index contributed by atoms with van der Waals surface area (Å²) in [6.07, 6.45) is 0. The van der Waals surface area contributed by atoms with E-state index in [4.69, 9.17) is 16.3 Å². The van der Waals surface area contributed by atoms with E-state index in [1.165, 1.54) is 5.39 Å². The van der Waals surface area contributed by atoms with Crippen LogP contribution < -0.4 is 4.74 Å². The number of fused-ring (bicyclic) bond motifs is 1. The molecule has 0 N–H and O–H groups in total.